The number of aliphatic hydroxyl groups excluding tert-OH is 1. The van der Waals surface area contributed by atoms with Gasteiger partial charge in [0.2, 0.25) is 0 Å². The van der Waals surface area contributed by atoms with E-state index in [-0.39, 0.29) is 12.3 Å². The van der Waals surface area contributed by atoms with Crippen LogP contribution in [0.1, 0.15) is 18.6 Å². The molecule has 1 unspecified atom stereocenters. The Morgan fingerprint density at radius 1 is 1.69 bits per heavy atom. The topological polar surface area (TPSA) is 72.6 Å². The third-order valence-corrected chi connectivity index (χ3v) is 2.01. The molecule has 0 amide bonds. The van der Waals surface area contributed by atoms with Gasteiger partial charge in [0.25, 0.3) is 5.69 Å². The summed E-state index contributed by atoms with van der Waals surface area (Å²) in [5.74, 6) is 0.431. The fourth-order valence-corrected chi connectivity index (χ4v) is 1.26. The molecule has 0 aromatic heterocycles. The van der Waals surface area contributed by atoms with Gasteiger partial charge in [0.15, 0.2) is 0 Å². The smallest absolute Gasteiger partial charge is 0.270 e. The Morgan fingerprint density at radius 3 is 2.88 bits per heavy atom. The molecule has 0 aliphatic heterocycles. The first kappa shape index (κ1) is 12.2. The van der Waals surface area contributed by atoms with Crippen molar-refractivity contribution in [2.24, 2.45) is 0 Å². The van der Waals surface area contributed by atoms with E-state index in [4.69, 9.17) is 4.74 Å². The van der Waals surface area contributed by atoms with Crippen LogP contribution in [0.2, 0.25) is 0 Å². The van der Waals surface area contributed by atoms with Crippen molar-refractivity contribution in [2.75, 3.05) is 6.61 Å². The second kappa shape index (κ2) is 5.27. The maximum Gasteiger partial charge on any atom is 0.270 e. The number of nitrogens with zero attached hydrogens (tertiary/aromatic N) is 1. The molecule has 0 aliphatic rings. The summed E-state index contributed by atoms with van der Waals surface area (Å²) < 4.78 is 5.28. The molecule has 0 bridgehead atoms. The summed E-state index contributed by atoms with van der Waals surface area (Å²) in [7, 11) is 0. The Hall–Kier alpha value is -1.88. The quantitative estimate of drug-likeness (QED) is 0.472. The Balaban J connectivity index is 3.08. The monoisotopic (exact) mass is 223 g/mol. The van der Waals surface area contributed by atoms with Gasteiger partial charge in [-0.2, -0.15) is 0 Å². The molecule has 1 atom stereocenters. The molecule has 0 saturated heterocycles. The highest BCUT2D eigenvalue weighted by atomic mass is 16.6. The molecule has 86 valence electrons. The normalized spacial score (nSPS) is 11.9. The number of non-ortho nitro benzene ring substituents is 1. The van der Waals surface area contributed by atoms with Gasteiger partial charge in [-0.25, -0.2) is 0 Å². The van der Waals surface area contributed by atoms with E-state index < -0.39 is 11.0 Å². The van der Waals surface area contributed by atoms with E-state index in [1.807, 2.05) is 0 Å². The van der Waals surface area contributed by atoms with E-state index in [2.05, 4.69) is 6.58 Å². The summed E-state index contributed by atoms with van der Waals surface area (Å²) in [6, 6.07) is 4.12. The van der Waals surface area contributed by atoms with Gasteiger partial charge < -0.3 is 9.84 Å². The lowest BCUT2D eigenvalue weighted by molar-refractivity contribution is -0.385. The Morgan fingerprint density at radius 2 is 2.38 bits per heavy atom. The van der Waals surface area contributed by atoms with Crippen LogP contribution in [0.4, 0.5) is 5.69 Å². The molecule has 0 spiro atoms. The van der Waals surface area contributed by atoms with E-state index in [9.17, 15) is 15.2 Å². The number of aliphatic hydroxyl groups is 1. The number of nitro groups is 1. The molecule has 0 fully saturated rings. The number of hydrogen-bond acceptors (Lipinski definition) is 4. The standard InChI is InChI=1S/C11H13NO4/c1-3-6-16-11-5-4-9(12(14)15)7-10(11)8(2)13/h3-5,7-8,13H,1,6H2,2H3. The Labute approximate surface area is 93.1 Å². The molecule has 5 nitrogen and oxygen atoms in total. The maximum absolute atomic E-state index is 10.6. The van der Waals surface area contributed by atoms with Crippen LogP contribution in [-0.2, 0) is 0 Å². The summed E-state index contributed by atoms with van der Waals surface area (Å²) in [6.45, 7) is 5.32. The van der Waals surface area contributed by atoms with Crippen LogP contribution in [0.5, 0.6) is 5.75 Å². The molecule has 1 N–H and O–H groups in total. The zero-order valence-corrected chi connectivity index (χ0v) is 8.92. The summed E-state index contributed by atoms with van der Waals surface area (Å²) in [4.78, 5) is 10.1. The molecule has 1 rings (SSSR count). The van der Waals surface area contributed by atoms with Crippen molar-refractivity contribution in [2.45, 2.75) is 13.0 Å². The summed E-state index contributed by atoms with van der Waals surface area (Å²) in [6.07, 6.45) is 0.743. The minimum absolute atomic E-state index is 0.0677. The molecule has 5 heteroatoms. The molecule has 1 aromatic rings. The SMILES string of the molecule is C=CCOc1ccc([N+](=O)[O-])cc1C(C)O. The predicted molar refractivity (Wildman–Crippen MR) is 59.4 cm³/mol. The largest absolute Gasteiger partial charge is 0.489 e. The first-order valence-electron chi connectivity index (χ1n) is 4.76. The lowest BCUT2D eigenvalue weighted by Gasteiger charge is -2.11. The van der Waals surface area contributed by atoms with E-state index in [1.54, 1.807) is 6.08 Å². The third-order valence-electron chi connectivity index (χ3n) is 2.01. The molecular weight excluding hydrogens is 210 g/mol. The fraction of sp³-hybridized carbons (Fsp3) is 0.273. The molecule has 1 aromatic carbocycles. The first-order valence-corrected chi connectivity index (χ1v) is 4.76. The molecule has 0 radical (unpaired) electrons. The summed E-state index contributed by atoms with van der Waals surface area (Å²) in [5, 5.41) is 20.0. The van der Waals surface area contributed by atoms with E-state index in [0.29, 0.717) is 11.3 Å². The number of hydrogen-bond donors (Lipinski definition) is 1. The van der Waals surface area contributed by atoms with Gasteiger partial charge in [-0.1, -0.05) is 12.7 Å². The fourth-order valence-electron chi connectivity index (χ4n) is 1.26. The highest BCUT2D eigenvalue weighted by Crippen LogP contribution is 2.29. The van der Waals surface area contributed by atoms with Crippen molar-refractivity contribution in [3.05, 3.63) is 46.5 Å². The second-order valence-corrected chi connectivity index (χ2v) is 3.25. The third kappa shape index (κ3) is 2.80. The van der Waals surface area contributed by atoms with Crippen molar-refractivity contribution in [3.8, 4) is 5.75 Å². The molecule has 16 heavy (non-hydrogen) atoms. The van der Waals surface area contributed by atoms with Crippen molar-refractivity contribution < 1.29 is 14.8 Å². The van der Waals surface area contributed by atoms with Crippen LogP contribution in [0.25, 0.3) is 0 Å². The van der Waals surface area contributed by atoms with Crippen molar-refractivity contribution >= 4 is 5.69 Å². The van der Waals surface area contributed by atoms with Crippen molar-refractivity contribution in [1.29, 1.82) is 0 Å². The van der Waals surface area contributed by atoms with Gasteiger partial charge in [0, 0.05) is 17.7 Å². The highest BCUT2D eigenvalue weighted by molar-refractivity contribution is 5.44. The number of nitro benzene ring substituents is 1. The van der Waals surface area contributed by atoms with Gasteiger partial charge in [-0.05, 0) is 13.0 Å². The Kier molecular flexibility index (Phi) is 4.02. The zero-order valence-electron chi connectivity index (χ0n) is 8.92. The van der Waals surface area contributed by atoms with Gasteiger partial charge in [-0.15, -0.1) is 0 Å². The predicted octanol–water partition coefficient (Wildman–Crippen LogP) is 2.21. The zero-order chi connectivity index (χ0) is 12.1. The van der Waals surface area contributed by atoms with Crippen LogP contribution in [0.15, 0.2) is 30.9 Å². The average Bonchev–Trinajstić information content (AvgIpc) is 2.25. The van der Waals surface area contributed by atoms with Gasteiger partial charge >= 0.3 is 0 Å². The Bertz CT molecular complexity index is 401. The van der Waals surface area contributed by atoms with E-state index in [0.717, 1.165) is 0 Å². The number of benzene rings is 1. The highest BCUT2D eigenvalue weighted by Gasteiger charge is 2.14. The molecule has 0 heterocycles. The summed E-state index contributed by atoms with van der Waals surface area (Å²) in [5.41, 5.74) is 0.331. The van der Waals surface area contributed by atoms with Crippen LogP contribution in [0, 0.1) is 10.1 Å². The lowest BCUT2D eigenvalue weighted by atomic mass is 10.1. The van der Waals surface area contributed by atoms with Crippen molar-refractivity contribution in [3.63, 3.8) is 0 Å². The van der Waals surface area contributed by atoms with E-state index >= 15 is 0 Å². The van der Waals surface area contributed by atoms with E-state index in [1.165, 1.54) is 25.1 Å². The van der Waals surface area contributed by atoms with Crippen LogP contribution in [0.3, 0.4) is 0 Å². The molecule has 0 aliphatic carbocycles. The minimum Gasteiger partial charge on any atom is -0.489 e. The first-order chi connectivity index (χ1) is 7.56. The average molecular weight is 223 g/mol. The van der Waals surface area contributed by atoms with Crippen molar-refractivity contribution in [1.82, 2.24) is 0 Å². The lowest BCUT2D eigenvalue weighted by Crippen LogP contribution is -2.01. The molecule has 0 saturated carbocycles. The van der Waals surface area contributed by atoms with Gasteiger partial charge in [-0.3, -0.25) is 10.1 Å². The van der Waals surface area contributed by atoms with Crippen LogP contribution < -0.4 is 4.74 Å². The number of ether oxygens (including phenoxy) is 1. The minimum atomic E-state index is -0.820. The maximum atomic E-state index is 10.6. The van der Waals surface area contributed by atoms with Gasteiger partial charge in [0.05, 0.1) is 11.0 Å². The molecular formula is C11H13NO4. The van der Waals surface area contributed by atoms with Crippen LogP contribution in [-0.4, -0.2) is 16.6 Å². The number of rotatable bonds is 5. The second-order valence-electron chi connectivity index (χ2n) is 3.25. The summed E-state index contributed by atoms with van der Waals surface area (Å²) >= 11 is 0. The van der Waals surface area contributed by atoms with Crippen LogP contribution >= 0.6 is 0 Å². The van der Waals surface area contributed by atoms with Gasteiger partial charge in [0.1, 0.15) is 12.4 Å².